The third kappa shape index (κ3) is 2.02. The number of Topliss-reactive ketones (excluding diaryl/α,β-unsaturated/α-hetero) is 1. The van der Waals surface area contributed by atoms with Crippen molar-refractivity contribution in [3.05, 3.63) is 57.5 Å². The highest BCUT2D eigenvalue weighted by Gasteiger charge is 2.24. The van der Waals surface area contributed by atoms with Crippen molar-refractivity contribution in [1.29, 1.82) is 0 Å². The maximum Gasteiger partial charge on any atom is 0.191 e. The number of thiophene rings is 1. The van der Waals surface area contributed by atoms with Gasteiger partial charge in [-0.15, -0.1) is 11.8 Å². The molecule has 18 heavy (non-hydrogen) atoms. The monoisotopic (exact) mass is 276 g/mol. The van der Waals surface area contributed by atoms with Crippen LogP contribution in [0.15, 0.2) is 45.5 Å². The molecule has 0 aliphatic carbocycles. The van der Waals surface area contributed by atoms with E-state index in [1.54, 1.807) is 23.5 Å². The summed E-state index contributed by atoms with van der Waals surface area (Å²) in [7, 11) is 0. The first-order valence-electron chi connectivity index (χ1n) is 5.44. The minimum absolute atomic E-state index is 0.0607. The van der Waals surface area contributed by atoms with Gasteiger partial charge in [0.25, 0.3) is 0 Å². The zero-order valence-electron chi connectivity index (χ0n) is 9.35. The number of carbonyl (C=O) groups excluding carboxylic acids is 1. The molecule has 3 rings (SSSR count). The van der Waals surface area contributed by atoms with Gasteiger partial charge >= 0.3 is 0 Å². The molecule has 0 atom stereocenters. The van der Waals surface area contributed by atoms with Crippen molar-refractivity contribution in [3.8, 4) is 0 Å². The van der Waals surface area contributed by atoms with Gasteiger partial charge in [-0.3, -0.25) is 4.79 Å². The van der Waals surface area contributed by atoms with Crippen LogP contribution >= 0.6 is 23.1 Å². The average molecular weight is 276 g/mol. The van der Waals surface area contributed by atoms with E-state index >= 15 is 0 Å². The molecule has 0 spiro atoms. The van der Waals surface area contributed by atoms with E-state index in [-0.39, 0.29) is 11.6 Å². The third-order valence-electron chi connectivity index (χ3n) is 2.76. The lowest BCUT2D eigenvalue weighted by Crippen LogP contribution is -2.13. The van der Waals surface area contributed by atoms with Crippen molar-refractivity contribution in [2.45, 2.75) is 4.90 Å². The molecule has 1 aliphatic heterocycles. The number of carbonyl (C=O) groups is 1. The van der Waals surface area contributed by atoms with E-state index in [1.807, 2.05) is 22.9 Å². The van der Waals surface area contributed by atoms with E-state index in [0.717, 1.165) is 11.1 Å². The predicted octanol–water partition coefficient (Wildman–Crippen LogP) is 4.26. The second-order valence-electron chi connectivity index (χ2n) is 3.96. The first-order chi connectivity index (χ1) is 8.75. The topological polar surface area (TPSA) is 17.1 Å². The van der Waals surface area contributed by atoms with Crippen LogP contribution < -0.4 is 0 Å². The maximum atomic E-state index is 13.6. The fraction of sp³-hybridized carbons (Fsp3) is 0.0714. The molecule has 0 amide bonds. The fourth-order valence-electron chi connectivity index (χ4n) is 1.89. The van der Waals surface area contributed by atoms with E-state index in [0.29, 0.717) is 16.2 Å². The highest BCUT2D eigenvalue weighted by Crippen LogP contribution is 2.35. The Balaban J connectivity index is 2.02. The number of ketones is 1. The number of fused-ring (bicyclic) bond motifs is 1. The number of halogens is 1. The van der Waals surface area contributed by atoms with E-state index in [9.17, 15) is 9.18 Å². The van der Waals surface area contributed by atoms with Crippen LogP contribution in [0.25, 0.3) is 6.08 Å². The summed E-state index contributed by atoms with van der Waals surface area (Å²) in [6.07, 6.45) is 1.89. The zero-order chi connectivity index (χ0) is 12.5. The normalized spacial score (nSPS) is 16.9. The summed E-state index contributed by atoms with van der Waals surface area (Å²) in [5.74, 6) is 0.165. The van der Waals surface area contributed by atoms with Crippen LogP contribution in [-0.4, -0.2) is 11.5 Å². The van der Waals surface area contributed by atoms with Crippen molar-refractivity contribution < 1.29 is 9.18 Å². The zero-order valence-corrected chi connectivity index (χ0v) is 11.0. The van der Waals surface area contributed by atoms with Gasteiger partial charge in [-0.2, -0.15) is 11.3 Å². The van der Waals surface area contributed by atoms with Crippen LogP contribution in [0.1, 0.15) is 15.9 Å². The van der Waals surface area contributed by atoms with E-state index in [1.165, 1.54) is 17.8 Å². The Morgan fingerprint density at radius 1 is 1.28 bits per heavy atom. The predicted molar refractivity (Wildman–Crippen MR) is 73.8 cm³/mol. The van der Waals surface area contributed by atoms with E-state index in [4.69, 9.17) is 0 Å². The van der Waals surface area contributed by atoms with Gasteiger partial charge in [-0.05, 0) is 40.6 Å². The minimum atomic E-state index is -0.305. The number of hydrogen-bond acceptors (Lipinski definition) is 3. The van der Waals surface area contributed by atoms with Gasteiger partial charge in [-0.25, -0.2) is 4.39 Å². The Bertz CT molecular complexity index is 629. The Labute approximate surface area is 112 Å². The van der Waals surface area contributed by atoms with Crippen molar-refractivity contribution in [3.63, 3.8) is 0 Å². The smallest absolute Gasteiger partial charge is 0.191 e. The quantitative estimate of drug-likeness (QED) is 0.724. The molecule has 0 saturated heterocycles. The molecule has 1 aromatic heterocycles. The summed E-state index contributed by atoms with van der Waals surface area (Å²) >= 11 is 2.98. The van der Waals surface area contributed by atoms with Gasteiger partial charge in [-0.1, -0.05) is 6.07 Å². The lowest BCUT2D eigenvalue weighted by molar-refractivity contribution is 0.103. The number of hydrogen-bond donors (Lipinski definition) is 0. The van der Waals surface area contributed by atoms with Crippen LogP contribution in [0.4, 0.5) is 4.39 Å². The van der Waals surface area contributed by atoms with Crippen molar-refractivity contribution in [1.82, 2.24) is 0 Å². The summed E-state index contributed by atoms with van der Waals surface area (Å²) in [6, 6.07) is 6.64. The lowest BCUT2D eigenvalue weighted by Gasteiger charge is -2.17. The molecule has 1 aliphatic rings. The second kappa shape index (κ2) is 4.71. The molecule has 4 heteroatoms. The summed E-state index contributed by atoms with van der Waals surface area (Å²) < 4.78 is 13.6. The first-order valence-corrected chi connectivity index (χ1v) is 7.37. The molecule has 1 aromatic carbocycles. The van der Waals surface area contributed by atoms with Crippen molar-refractivity contribution >= 4 is 35.0 Å². The molecule has 0 unspecified atom stereocenters. The highest BCUT2D eigenvalue weighted by atomic mass is 32.2. The average Bonchev–Trinajstić information content (AvgIpc) is 2.86. The summed E-state index contributed by atoms with van der Waals surface area (Å²) in [6.45, 7) is 0. The molecule has 0 N–H and O–H groups in total. The summed E-state index contributed by atoms with van der Waals surface area (Å²) in [5, 5.41) is 3.96. The molecular formula is C14H9FOS2. The van der Waals surface area contributed by atoms with Gasteiger partial charge in [0, 0.05) is 16.9 Å². The van der Waals surface area contributed by atoms with Crippen molar-refractivity contribution in [2.24, 2.45) is 0 Å². The molecule has 2 heterocycles. The van der Waals surface area contributed by atoms with Gasteiger partial charge in [0.1, 0.15) is 5.82 Å². The summed E-state index contributed by atoms with van der Waals surface area (Å²) in [4.78, 5) is 12.7. The van der Waals surface area contributed by atoms with Crippen LogP contribution in [0.3, 0.4) is 0 Å². The largest absolute Gasteiger partial charge is 0.289 e. The van der Waals surface area contributed by atoms with Gasteiger partial charge in [0.2, 0.25) is 0 Å². The third-order valence-corrected chi connectivity index (χ3v) is 4.62. The summed E-state index contributed by atoms with van der Waals surface area (Å²) in [5.41, 5.74) is 2.24. The molecule has 0 bridgehead atoms. The first kappa shape index (κ1) is 11.7. The molecule has 2 aromatic rings. The lowest BCUT2D eigenvalue weighted by atomic mass is 10.0. The Morgan fingerprint density at radius 3 is 2.94 bits per heavy atom. The molecular weight excluding hydrogens is 267 g/mol. The molecule has 0 saturated carbocycles. The Hall–Kier alpha value is -1.39. The van der Waals surface area contributed by atoms with Crippen LogP contribution in [0.2, 0.25) is 0 Å². The van der Waals surface area contributed by atoms with Crippen LogP contribution in [0, 0.1) is 5.82 Å². The number of rotatable bonds is 1. The second-order valence-corrected chi connectivity index (χ2v) is 5.73. The van der Waals surface area contributed by atoms with E-state index < -0.39 is 0 Å². The number of thioether (sulfide) groups is 1. The highest BCUT2D eigenvalue weighted by molar-refractivity contribution is 7.99. The maximum absolute atomic E-state index is 13.6. The van der Waals surface area contributed by atoms with Gasteiger partial charge in [0.15, 0.2) is 5.78 Å². The molecule has 0 fully saturated rings. The van der Waals surface area contributed by atoms with E-state index in [2.05, 4.69) is 0 Å². The van der Waals surface area contributed by atoms with Gasteiger partial charge in [0.05, 0.1) is 4.90 Å². The minimum Gasteiger partial charge on any atom is -0.289 e. The standard InChI is InChI=1S/C14H9FOS2/c15-12-3-1-2-11-13(16)10(8-18-14(11)12)6-9-4-5-17-7-9/h1-7H,8H2. The Morgan fingerprint density at radius 2 is 2.17 bits per heavy atom. The van der Waals surface area contributed by atoms with Crippen molar-refractivity contribution in [2.75, 3.05) is 5.75 Å². The van der Waals surface area contributed by atoms with Crippen LogP contribution in [0.5, 0.6) is 0 Å². The van der Waals surface area contributed by atoms with Gasteiger partial charge < -0.3 is 0 Å². The number of benzene rings is 1. The fourth-order valence-corrected chi connectivity index (χ4v) is 3.54. The SMILES string of the molecule is O=C1C(=Cc2ccsc2)CSc2c(F)cccc21. The molecule has 1 nitrogen and oxygen atoms in total. The molecule has 90 valence electrons. The molecule has 0 radical (unpaired) electrons. The Kier molecular flexibility index (Phi) is 3.06. The van der Waals surface area contributed by atoms with Crippen LogP contribution in [-0.2, 0) is 0 Å².